The Morgan fingerprint density at radius 2 is 1.75 bits per heavy atom. The zero-order valence-corrected chi connectivity index (χ0v) is 29.5. The van der Waals surface area contributed by atoms with Crippen LogP contribution in [0.25, 0.3) is 0 Å². The van der Waals surface area contributed by atoms with Gasteiger partial charge in [0.1, 0.15) is 23.7 Å². The molecular weight excluding hydrogens is 616 g/mol. The third-order valence-corrected chi connectivity index (χ3v) is 14.1. The molecule has 6 rings (SSSR count). The van der Waals surface area contributed by atoms with Crippen LogP contribution in [-0.4, -0.2) is 74.3 Å². The predicted octanol–water partition coefficient (Wildman–Crippen LogP) is 4.24. The number of methoxy groups -OCH3 is 2. The summed E-state index contributed by atoms with van der Waals surface area (Å²) in [7, 11) is 2.46. The Morgan fingerprint density at radius 1 is 0.958 bits per heavy atom. The first-order valence-corrected chi connectivity index (χ1v) is 18.5. The SMILES string of the molecule is COC(=O)CC[C@@H](NC(=O)CCC(=O)O[C@H]1CC[C@]2(C)C3CC(=O)[C@@]4(C)C(CC5O[C@]6(CCCCN6)[C@@H](C)C54)C3CC[C@H]2C1)C(=O)OC. The van der Waals surface area contributed by atoms with Crippen molar-refractivity contribution < 1.29 is 42.9 Å². The highest BCUT2D eigenvalue weighted by atomic mass is 16.5. The fourth-order valence-corrected chi connectivity index (χ4v) is 11.6. The molecule has 0 radical (unpaired) electrons. The van der Waals surface area contributed by atoms with E-state index < -0.39 is 29.9 Å². The van der Waals surface area contributed by atoms with E-state index in [2.05, 4.69) is 36.1 Å². The summed E-state index contributed by atoms with van der Waals surface area (Å²) in [6.07, 6.45) is 9.37. The molecule has 0 aromatic carbocycles. The van der Waals surface area contributed by atoms with Crippen molar-refractivity contribution in [2.75, 3.05) is 20.8 Å². The molecule has 2 heterocycles. The van der Waals surface area contributed by atoms with Gasteiger partial charge >= 0.3 is 17.9 Å². The van der Waals surface area contributed by atoms with E-state index in [1.54, 1.807) is 0 Å². The van der Waals surface area contributed by atoms with Crippen molar-refractivity contribution in [3.8, 4) is 0 Å². The number of hydrogen-bond donors (Lipinski definition) is 2. The van der Waals surface area contributed by atoms with Gasteiger partial charge in [-0.3, -0.25) is 24.5 Å². The minimum atomic E-state index is -1.00. The number of carbonyl (C=O) groups excluding carboxylic acids is 5. The van der Waals surface area contributed by atoms with E-state index in [0.29, 0.717) is 41.8 Å². The van der Waals surface area contributed by atoms with Gasteiger partial charge in [0.25, 0.3) is 0 Å². The van der Waals surface area contributed by atoms with E-state index in [0.717, 1.165) is 51.5 Å². The number of carbonyl (C=O) groups is 5. The summed E-state index contributed by atoms with van der Waals surface area (Å²) in [5.41, 5.74) is -0.556. The molecule has 268 valence electrons. The van der Waals surface area contributed by atoms with Gasteiger partial charge in [-0.1, -0.05) is 20.8 Å². The van der Waals surface area contributed by atoms with E-state index >= 15 is 0 Å². The molecule has 4 aliphatic carbocycles. The van der Waals surface area contributed by atoms with Crippen LogP contribution < -0.4 is 10.6 Å². The monoisotopic (exact) mass is 672 g/mol. The number of hydrogen-bond acceptors (Lipinski definition) is 10. The third kappa shape index (κ3) is 6.09. The van der Waals surface area contributed by atoms with Gasteiger partial charge in [-0.25, -0.2) is 4.79 Å². The van der Waals surface area contributed by atoms with Crippen LogP contribution in [0.15, 0.2) is 0 Å². The second kappa shape index (κ2) is 13.6. The maximum absolute atomic E-state index is 14.3. The molecule has 6 aliphatic rings. The first-order valence-electron chi connectivity index (χ1n) is 18.5. The smallest absolute Gasteiger partial charge is 0.328 e. The summed E-state index contributed by atoms with van der Waals surface area (Å²) < 4.78 is 22.2. The molecule has 0 aromatic rings. The maximum atomic E-state index is 14.3. The van der Waals surface area contributed by atoms with Crippen molar-refractivity contribution in [2.24, 2.45) is 46.3 Å². The van der Waals surface area contributed by atoms with Crippen LogP contribution in [0.1, 0.15) is 111 Å². The molecule has 0 bridgehead atoms. The first-order chi connectivity index (χ1) is 22.9. The van der Waals surface area contributed by atoms with E-state index in [1.807, 2.05) is 0 Å². The zero-order chi connectivity index (χ0) is 34.4. The van der Waals surface area contributed by atoms with Gasteiger partial charge < -0.3 is 24.3 Å². The summed E-state index contributed by atoms with van der Waals surface area (Å²) in [5.74, 6) is 0.563. The summed E-state index contributed by atoms with van der Waals surface area (Å²) in [6.45, 7) is 7.99. The predicted molar refractivity (Wildman–Crippen MR) is 174 cm³/mol. The molecule has 5 unspecified atom stereocenters. The summed E-state index contributed by atoms with van der Waals surface area (Å²) in [4.78, 5) is 63.3. The van der Waals surface area contributed by atoms with Crippen LogP contribution in [0.2, 0.25) is 0 Å². The lowest BCUT2D eigenvalue weighted by molar-refractivity contribution is -0.169. The second-order valence-corrected chi connectivity index (χ2v) is 16.2. The molecule has 2 aliphatic heterocycles. The van der Waals surface area contributed by atoms with Crippen LogP contribution in [0, 0.1) is 46.3 Å². The largest absolute Gasteiger partial charge is 0.469 e. The molecule has 12 atom stereocenters. The quantitative estimate of drug-likeness (QED) is 0.269. The zero-order valence-electron chi connectivity index (χ0n) is 29.5. The Kier molecular flexibility index (Phi) is 10.0. The van der Waals surface area contributed by atoms with Crippen molar-refractivity contribution >= 4 is 29.6 Å². The Balaban J connectivity index is 1.02. The lowest BCUT2D eigenvalue weighted by Gasteiger charge is -2.60. The normalized spacial score (nSPS) is 42.1. The van der Waals surface area contributed by atoms with Gasteiger partial charge in [-0.05, 0) is 99.8 Å². The van der Waals surface area contributed by atoms with Crippen LogP contribution in [-0.2, 0) is 42.9 Å². The Morgan fingerprint density at radius 3 is 2.46 bits per heavy atom. The summed E-state index contributed by atoms with van der Waals surface area (Å²) in [5, 5.41) is 6.29. The Labute approximate surface area is 284 Å². The lowest BCUT2D eigenvalue weighted by atomic mass is 9.44. The Bertz CT molecular complexity index is 1280. The number of nitrogens with one attached hydrogen (secondary N) is 2. The van der Waals surface area contributed by atoms with E-state index in [9.17, 15) is 24.0 Å². The Hall–Kier alpha value is -2.53. The number of esters is 3. The molecule has 2 N–H and O–H groups in total. The summed E-state index contributed by atoms with van der Waals surface area (Å²) in [6, 6.07) is -1.00. The molecule has 0 aromatic heterocycles. The molecule has 6 fully saturated rings. The minimum Gasteiger partial charge on any atom is -0.469 e. The minimum absolute atomic E-state index is 0.0338. The van der Waals surface area contributed by atoms with Crippen LogP contribution in [0.3, 0.4) is 0 Å². The van der Waals surface area contributed by atoms with Gasteiger partial charge in [-0.2, -0.15) is 0 Å². The van der Waals surface area contributed by atoms with Gasteiger partial charge in [0.15, 0.2) is 0 Å². The highest BCUT2D eigenvalue weighted by Crippen LogP contribution is 2.70. The molecule has 1 spiro atoms. The van der Waals surface area contributed by atoms with E-state index in [4.69, 9.17) is 14.2 Å². The molecular formula is C37H56N2O9. The van der Waals surface area contributed by atoms with Crippen molar-refractivity contribution in [3.63, 3.8) is 0 Å². The topological polar surface area (TPSA) is 146 Å². The number of ether oxygens (including phenoxy) is 4. The standard InChI is InChI=1S/C37H56N2O9/c1-21-33-28(48-37(21)15-6-7-17-38-37)19-26-24-9-8-22-18-23(14-16-35(22,2)25(24)20-29(40)36(26,33)3)47-32(43)13-11-30(41)39-27(34(44)46-5)10-12-31(42)45-4/h21-28,33,38H,6-20H2,1-5H3,(H,39,41)/t21-,22-,23-,24?,25?,26?,27+,28?,33?,35-,36+,37+/m0/s1. The van der Waals surface area contributed by atoms with Crippen molar-refractivity contribution in [1.82, 2.24) is 10.6 Å². The number of piperidine rings is 1. The average molecular weight is 673 g/mol. The highest BCUT2D eigenvalue weighted by Gasteiger charge is 2.71. The third-order valence-electron chi connectivity index (χ3n) is 14.1. The molecule has 1 amide bonds. The first kappa shape index (κ1) is 35.3. The number of amides is 1. The highest BCUT2D eigenvalue weighted by molar-refractivity contribution is 5.88. The lowest BCUT2D eigenvalue weighted by Crippen LogP contribution is -2.59. The van der Waals surface area contributed by atoms with Gasteiger partial charge in [0.2, 0.25) is 5.91 Å². The molecule has 48 heavy (non-hydrogen) atoms. The second-order valence-electron chi connectivity index (χ2n) is 16.2. The fourth-order valence-electron chi connectivity index (χ4n) is 11.6. The number of rotatable bonds is 9. The number of fused-ring (bicyclic) bond motifs is 7. The van der Waals surface area contributed by atoms with Gasteiger partial charge in [-0.15, -0.1) is 0 Å². The van der Waals surface area contributed by atoms with Crippen molar-refractivity contribution in [1.29, 1.82) is 0 Å². The van der Waals surface area contributed by atoms with Gasteiger partial charge in [0, 0.05) is 36.5 Å². The van der Waals surface area contributed by atoms with Crippen molar-refractivity contribution in [2.45, 2.75) is 135 Å². The molecule has 2 saturated heterocycles. The van der Waals surface area contributed by atoms with Crippen LogP contribution in [0.5, 0.6) is 0 Å². The number of Topliss-reactive ketones (excluding diaryl/α,β-unsaturated/α-hetero) is 1. The van der Waals surface area contributed by atoms with Crippen LogP contribution >= 0.6 is 0 Å². The van der Waals surface area contributed by atoms with Crippen molar-refractivity contribution in [3.05, 3.63) is 0 Å². The molecule has 11 heteroatoms. The maximum Gasteiger partial charge on any atom is 0.328 e. The van der Waals surface area contributed by atoms with E-state index in [-0.39, 0.29) is 60.4 Å². The number of ketones is 1. The summed E-state index contributed by atoms with van der Waals surface area (Å²) >= 11 is 0. The van der Waals surface area contributed by atoms with Crippen LogP contribution in [0.4, 0.5) is 0 Å². The molecule has 4 saturated carbocycles. The van der Waals surface area contributed by atoms with E-state index in [1.165, 1.54) is 27.1 Å². The fraction of sp³-hybridized carbons (Fsp3) is 0.865. The van der Waals surface area contributed by atoms with Gasteiger partial charge in [0.05, 0.1) is 26.7 Å². The molecule has 11 nitrogen and oxygen atoms in total. The average Bonchev–Trinajstić information content (AvgIpc) is 3.52.